The zero-order chi connectivity index (χ0) is 17.5. The van der Waals surface area contributed by atoms with Crippen LogP contribution in [0.25, 0.3) is 22.6 Å². The number of oxazole rings is 1. The standard InChI is InChI=1S/C15H7Cl2F3N2O2/c16-7-1-3-9(10(17)5-7)13-22-11-4-2-8(6-12(11)24-13)21-14(23)15(18,19)20/h1-6H,(H,21,23). The van der Waals surface area contributed by atoms with Gasteiger partial charge in [0.05, 0.1) is 10.6 Å². The van der Waals surface area contributed by atoms with Gasteiger partial charge in [-0.2, -0.15) is 13.2 Å². The summed E-state index contributed by atoms with van der Waals surface area (Å²) in [7, 11) is 0. The van der Waals surface area contributed by atoms with Gasteiger partial charge in [-0.15, -0.1) is 0 Å². The molecule has 9 heteroatoms. The number of rotatable bonds is 2. The molecule has 1 amide bonds. The molecule has 1 heterocycles. The molecule has 1 N–H and O–H groups in total. The average Bonchev–Trinajstić information content (AvgIpc) is 2.88. The van der Waals surface area contributed by atoms with E-state index in [1.807, 2.05) is 0 Å². The van der Waals surface area contributed by atoms with Crippen LogP contribution in [-0.2, 0) is 4.79 Å². The summed E-state index contributed by atoms with van der Waals surface area (Å²) in [6, 6.07) is 8.70. The highest BCUT2D eigenvalue weighted by molar-refractivity contribution is 6.36. The predicted octanol–water partition coefficient (Wildman–Crippen LogP) is 5.30. The average molecular weight is 375 g/mol. The molecule has 4 nitrogen and oxygen atoms in total. The molecular weight excluding hydrogens is 368 g/mol. The second-order valence-electron chi connectivity index (χ2n) is 4.78. The van der Waals surface area contributed by atoms with E-state index in [1.54, 1.807) is 17.4 Å². The number of aromatic nitrogens is 1. The van der Waals surface area contributed by atoms with Gasteiger partial charge in [-0.25, -0.2) is 4.98 Å². The summed E-state index contributed by atoms with van der Waals surface area (Å²) in [5.41, 5.74) is 1.03. The smallest absolute Gasteiger partial charge is 0.436 e. The Hall–Kier alpha value is -2.25. The maximum Gasteiger partial charge on any atom is 0.471 e. The topological polar surface area (TPSA) is 55.1 Å². The molecule has 0 unspecified atom stereocenters. The molecule has 2 aromatic carbocycles. The van der Waals surface area contributed by atoms with E-state index < -0.39 is 12.1 Å². The third kappa shape index (κ3) is 3.32. The van der Waals surface area contributed by atoms with Crippen LogP contribution >= 0.6 is 23.2 Å². The fourth-order valence-electron chi connectivity index (χ4n) is 1.98. The fraction of sp³-hybridized carbons (Fsp3) is 0.0667. The minimum Gasteiger partial charge on any atom is -0.436 e. The summed E-state index contributed by atoms with van der Waals surface area (Å²) >= 11 is 11.9. The minimum atomic E-state index is -4.97. The molecule has 0 saturated carbocycles. The molecule has 0 atom stereocenters. The van der Waals surface area contributed by atoms with Crippen molar-refractivity contribution in [2.45, 2.75) is 6.18 Å². The maximum absolute atomic E-state index is 12.3. The second-order valence-corrected chi connectivity index (χ2v) is 5.62. The number of alkyl halides is 3. The lowest BCUT2D eigenvalue weighted by atomic mass is 10.2. The van der Waals surface area contributed by atoms with E-state index in [9.17, 15) is 18.0 Å². The van der Waals surface area contributed by atoms with Crippen molar-refractivity contribution in [3.63, 3.8) is 0 Å². The minimum absolute atomic E-state index is 0.0604. The van der Waals surface area contributed by atoms with Crippen LogP contribution in [0, 0.1) is 0 Å². The Labute approximate surface area is 143 Å². The Bertz CT molecular complexity index is 938. The SMILES string of the molecule is O=C(Nc1ccc2nc(-c3ccc(Cl)cc3Cl)oc2c1)C(F)(F)F. The summed E-state index contributed by atoms with van der Waals surface area (Å²) in [6.07, 6.45) is -4.97. The number of fused-ring (bicyclic) bond motifs is 1. The number of amides is 1. The largest absolute Gasteiger partial charge is 0.471 e. The second kappa shape index (κ2) is 5.99. The lowest BCUT2D eigenvalue weighted by Gasteiger charge is -2.07. The first-order chi connectivity index (χ1) is 11.2. The highest BCUT2D eigenvalue weighted by Gasteiger charge is 2.38. The van der Waals surface area contributed by atoms with Crippen LogP contribution in [0.1, 0.15) is 0 Å². The summed E-state index contributed by atoms with van der Waals surface area (Å²) in [6.45, 7) is 0. The molecule has 124 valence electrons. The van der Waals surface area contributed by atoms with Crippen molar-refractivity contribution in [1.29, 1.82) is 0 Å². The summed E-state index contributed by atoms with van der Waals surface area (Å²) < 4.78 is 42.3. The summed E-state index contributed by atoms with van der Waals surface area (Å²) in [5, 5.41) is 2.51. The Kier molecular flexibility index (Phi) is 4.15. The summed E-state index contributed by atoms with van der Waals surface area (Å²) in [4.78, 5) is 15.2. The number of carbonyl (C=O) groups is 1. The first-order valence-electron chi connectivity index (χ1n) is 6.48. The molecule has 1 aromatic heterocycles. The Morgan fingerprint density at radius 1 is 1.12 bits per heavy atom. The third-order valence-electron chi connectivity index (χ3n) is 3.07. The van der Waals surface area contributed by atoms with E-state index in [1.165, 1.54) is 24.3 Å². The lowest BCUT2D eigenvalue weighted by Crippen LogP contribution is -2.29. The van der Waals surface area contributed by atoms with Crippen LogP contribution in [0.4, 0.5) is 18.9 Å². The van der Waals surface area contributed by atoms with Crippen LogP contribution in [0.5, 0.6) is 0 Å². The molecule has 3 rings (SSSR count). The van der Waals surface area contributed by atoms with Gasteiger partial charge >= 0.3 is 12.1 Å². The van der Waals surface area contributed by atoms with Gasteiger partial charge in [0.1, 0.15) is 5.52 Å². The number of carbonyl (C=O) groups excluding carboxylic acids is 1. The van der Waals surface area contributed by atoms with Gasteiger partial charge in [-0.1, -0.05) is 23.2 Å². The molecular formula is C15H7Cl2F3N2O2. The molecule has 0 radical (unpaired) electrons. The number of anilines is 1. The van der Waals surface area contributed by atoms with E-state index >= 15 is 0 Å². The van der Waals surface area contributed by atoms with Crippen molar-refractivity contribution in [3.05, 3.63) is 46.4 Å². The number of benzene rings is 2. The van der Waals surface area contributed by atoms with Gasteiger partial charge < -0.3 is 9.73 Å². The van der Waals surface area contributed by atoms with Gasteiger partial charge in [-0.3, -0.25) is 4.79 Å². The Morgan fingerprint density at radius 3 is 2.54 bits per heavy atom. The van der Waals surface area contributed by atoms with Crippen molar-refractivity contribution in [1.82, 2.24) is 4.98 Å². The van der Waals surface area contributed by atoms with Gasteiger partial charge in [0.2, 0.25) is 5.89 Å². The molecule has 0 spiro atoms. The van der Waals surface area contributed by atoms with Gasteiger partial charge in [0, 0.05) is 16.8 Å². The number of hydrogen-bond donors (Lipinski definition) is 1. The van der Waals surface area contributed by atoms with Crippen LogP contribution in [-0.4, -0.2) is 17.1 Å². The Balaban J connectivity index is 1.96. The van der Waals surface area contributed by atoms with Gasteiger partial charge in [0.25, 0.3) is 0 Å². The van der Waals surface area contributed by atoms with Crippen molar-refractivity contribution >= 4 is 45.9 Å². The molecule has 0 saturated heterocycles. The third-order valence-corrected chi connectivity index (χ3v) is 3.61. The van der Waals surface area contributed by atoms with Crippen molar-refractivity contribution in [2.75, 3.05) is 5.32 Å². The van der Waals surface area contributed by atoms with Gasteiger partial charge in [0.15, 0.2) is 5.58 Å². The molecule has 3 aromatic rings. The maximum atomic E-state index is 12.3. The van der Waals surface area contributed by atoms with Crippen molar-refractivity contribution in [3.8, 4) is 11.5 Å². The van der Waals surface area contributed by atoms with Crippen molar-refractivity contribution in [2.24, 2.45) is 0 Å². The van der Waals surface area contributed by atoms with Crippen LogP contribution < -0.4 is 5.32 Å². The monoisotopic (exact) mass is 374 g/mol. The Morgan fingerprint density at radius 2 is 1.88 bits per heavy atom. The van der Waals surface area contributed by atoms with Crippen molar-refractivity contribution < 1.29 is 22.4 Å². The number of nitrogens with zero attached hydrogens (tertiary/aromatic N) is 1. The molecule has 0 bridgehead atoms. The fourth-order valence-corrected chi connectivity index (χ4v) is 2.47. The van der Waals surface area contributed by atoms with E-state index in [-0.39, 0.29) is 17.2 Å². The van der Waals surface area contributed by atoms with Gasteiger partial charge in [-0.05, 0) is 30.3 Å². The highest BCUT2D eigenvalue weighted by Crippen LogP contribution is 2.32. The van der Waals surface area contributed by atoms with Crippen LogP contribution in [0.15, 0.2) is 40.8 Å². The van der Waals surface area contributed by atoms with E-state index in [2.05, 4.69) is 4.98 Å². The predicted molar refractivity (Wildman–Crippen MR) is 84.1 cm³/mol. The first kappa shape index (κ1) is 16.6. The highest BCUT2D eigenvalue weighted by atomic mass is 35.5. The first-order valence-corrected chi connectivity index (χ1v) is 7.24. The number of nitrogens with one attached hydrogen (secondary N) is 1. The zero-order valence-corrected chi connectivity index (χ0v) is 13.1. The van der Waals surface area contributed by atoms with Crippen LogP contribution in [0.3, 0.4) is 0 Å². The molecule has 0 fully saturated rings. The quantitative estimate of drug-likeness (QED) is 0.661. The van der Waals surface area contributed by atoms with E-state index in [0.29, 0.717) is 21.1 Å². The van der Waals surface area contributed by atoms with E-state index in [4.69, 9.17) is 27.6 Å². The number of hydrogen-bond acceptors (Lipinski definition) is 3. The molecule has 0 aliphatic carbocycles. The zero-order valence-electron chi connectivity index (χ0n) is 11.6. The summed E-state index contributed by atoms with van der Waals surface area (Å²) in [5.74, 6) is -1.88. The lowest BCUT2D eigenvalue weighted by molar-refractivity contribution is -0.167. The van der Waals surface area contributed by atoms with Crippen LogP contribution in [0.2, 0.25) is 10.0 Å². The molecule has 24 heavy (non-hydrogen) atoms. The normalized spacial score (nSPS) is 11.7. The number of halogens is 5. The molecule has 0 aliphatic rings. The molecule has 0 aliphatic heterocycles. The van der Waals surface area contributed by atoms with E-state index in [0.717, 1.165) is 0 Å².